The predicted molar refractivity (Wildman–Crippen MR) is 84.4 cm³/mol. The first kappa shape index (κ1) is 16.1. The molecule has 5 nitrogen and oxygen atoms in total. The molecule has 0 bridgehead atoms. The molecule has 0 unspecified atom stereocenters. The number of carboxylic acid groups (broad SMARTS) is 1. The summed E-state index contributed by atoms with van der Waals surface area (Å²) in [5.74, 6) is -1.07. The van der Waals surface area contributed by atoms with Crippen molar-refractivity contribution < 1.29 is 19.4 Å². The van der Waals surface area contributed by atoms with Crippen LogP contribution in [0.2, 0.25) is 10.0 Å². The van der Waals surface area contributed by atoms with Crippen LogP contribution in [0.15, 0.2) is 36.4 Å². The Balaban J connectivity index is 2.20. The third-order valence-corrected chi connectivity index (χ3v) is 3.48. The number of hydrogen-bond acceptors (Lipinski definition) is 3. The SMILES string of the molecule is COc1ccc(C(=O)Nc2ccc(C(=O)O)c(Cl)c2)cc1Cl. The summed E-state index contributed by atoms with van der Waals surface area (Å²) < 4.78 is 5.01. The number of aromatic carboxylic acids is 1. The summed E-state index contributed by atoms with van der Waals surface area (Å²) in [4.78, 5) is 23.0. The Kier molecular flexibility index (Phi) is 4.90. The fourth-order valence-electron chi connectivity index (χ4n) is 1.78. The van der Waals surface area contributed by atoms with Crippen LogP contribution in [-0.4, -0.2) is 24.1 Å². The Bertz CT molecular complexity index is 746. The first-order chi connectivity index (χ1) is 10.4. The molecule has 22 heavy (non-hydrogen) atoms. The third kappa shape index (κ3) is 3.50. The molecule has 0 aliphatic heterocycles. The van der Waals surface area contributed by atoms with Crippen LogP contribution in [0.5, 0.6) is 5.75 Å². The molecule has 0 heterocycles. The van der Waals surface area contributed by atoms with Gasteiger partial charge in [-0.25, -0.2) is 4.79 Å². The van der Waals surface area contributed by atoms with Gasteiger partial charge < -0.3 is 15.2 Å². The normalized spacial score (nSPS) is 10.1. The van der Waals surface area contributed by atoms with Crippen molar-refractivity contribution in [1.29, 1.82) is 0 Å². The molecule has 2 rings (SSSR count). The molecule has 0 saturated heterocycles. The Labute approximate surface area is 136 Å². The van der Waals surface area contributed by atoms with Gasteiger partial charge in [0.05, 0.1) is 22.7 Å². The molecule has 0 fully saturated rings. The fourth-order valence-corrected chi connectivity index (χ4v) is 2.30. The van der Waals surface area contributed by atoms with Gasteiger partial charge in [-0.3, -0.25) is 4.79 Å². The number of ether oxygens (including phenoxy) is 1. The van der Waals surface area contributed by atoms with E-state index in [1.54, 1.807) is 12.1 Å². The highest BCUT2D eigenvalue weighted by atomic mass is 35.5. The fraction of sp³-hybridized carbons (Fsp3) is 0.0667. The molecule has 2 aromatic carbocycles. The predicted octanol–water partition coefficient (Wildman–Crippen LogP) is 3.95. The van der Waals surface area contributed by atoms with Gasteiger partial charge in [-0.2, -0.15) is 0 Å². The van der Waals surface area contributed by atoms with E-state index in [0.29, 0.717) is 22.0 Å². The van der Waals surface area contributed by atoms with Gasteiger partial charge in [0.15, 0.2) is 0 Å². The maximum absolute atomic E-state index is 12.1. The molecular weight excluding hydrogens is 329 g/mol. The Morgan fingerprint density at radius 3 is 2.36 bits per heavy atom. The molecule has 0 radical (unpaired) electrons. The number of methoxy groups -OCH3 is 1. The number of amides is 1. The van der Waals surface area contributed by atoms with Crippen LogP contribution in [0.25, 0.3) is 0 Å². The number of anilines is 1. The van der Waals surface area contributed by atoms with Crippen molar-refractivity contribution in [3.63, 3.8) is 0 Å². The maximum Gasteiger partial charge on any atom is 0.337 e. The molecule has 0 aromatic heterocycles. The largest absolute Gasteiger partial charge is 0.495 e. The maximum atomic E-state index is 12.1. The van der Waals surface area contributed by atoms with Crippen molar-refractivity contribution in [2.75, 3.05) is 12.4 Å². The molecule has 1 amide bonds. The molecule has 114 valence electrons. The van der Waals surface area contributed by atoms with Crippen LogP contribution in [0.4, 0.5) is 5.69 Å². The van der Waals surface area contributed by atoms with Crippen LogP contribution in [0.1, 0.15) is 20.7 Å². The van der Waals surface area contributed by atoms with Gasteiger partial charge in [-0.1, -0.05) is 23.2 Å². The van der Waals surface area contributed by atoms with Gasteiger partial charge in [0.2, 0.25) is 0 Å². The molecule has 2 aromatic rings. The third-order valence-electron chi connectivity index (χ3n) is 2.87. The zero-order valence-corrected chi connectivity index (χ0v) is 12.9. The first-order valence-electron chi connectivity index (χ1n) is 6.10. The Hall–Kier alpha value is -2.24. The van der Waals surface area contributed by atoms with Crippen LogP contribution in [0, 0.1) is 0 Å². The van der Waals surface area contributed by atoms with Crippen LogP contribution in [-0.2, 0) is 0 Å². The second-order valence-corrected chi connectivity index (χ2v) is 5.12. The second kappa shape index (κ2) is 6.68. The summed E-state index contributed by atoms with van der Waals surface area (Å²) in [7, 11) is 1.48. The highest BCUT2D eigenvalue weighted by Crippen LogP contribution is 2.26. The summed E-state index contributed by atoms with van der Waals surface area (Å²) in [5, 5.41) is 11.9. The molecule has 0 spiro atoms. The van der Waals surface area contributed by atoms with E-state index in [4.69, 9.17) is 33.0 Å². The summed E-state index contributed by atoms with van der Waals surface area (Å²) in [6.45, 7) is 0. The Morgan fingerprint density at radius 2 is 1.82 bits per heavy atom. The monoisotopic (exact) mass is 339 g/mol. The second-order valence-electron chi connectivity index (χ2n) is 4.30. The van der Waals surface area contributed by atoms with Crippen molar-refractivity contribution >= 4 is 40.8 Å². The van der Waals surface area contributed by atoms with E-state index in [1.165, 1.54) is 31.4 Å². The number of rotatable bonds is 4. The van der Waals surface area contributed by atoms with Gasteiger partial charge in [-0.05, 0) is 36.4 Å². The summed E-state index contributed by atoms with van der Waals surface area (Å²) in [6, 6.07) is 8.77. The van der Waals surface area contributed by atoms with Crippen molar-refractivity contribution in [2.24, 2.45) is 0 Å². The van der Waals surface area contributed by atoms with Crippen LogP contribution in [0.3, 0.4) is 0 Å². The molecule has 0 aliphatic rings. The lowest BCUT2D eigenvalue weighted by molar-refractivity contribution is 0.0697. The van der Waals surface area contributed by atoms with Gasteiger partial charge in [0, 0.05) is 11.3 Å². The topological polar surface area (TPSA) is 75.6 Å². The number of benzene rings is 2. The number of carbonyl (C=O) groups is 2. The smallest absolute Gasteiger partial charge is 0.337 e. The average molecular weight is 340 g/mol. The minimum absolute atomic E-state index is 0.0350. The zero-order chi connectivity index (χ0) is 16.3. The number of halogens is 2. The van der Waals surface area contributed by atoms with Crippen LogP contribution >= 0.6 is 23.2 Å². The molecular formula is C15H11Cl2NO4. The van der Waals surface area contributed by atoms with E-state index < -0.39 is 11.9 Å². The van der Waals surface area contributed by atoms with E-state index in [-0.39, 0.29) is 10.6 Å². The number of carbonyl (C=O) groups excluding carboxylic acids is 1. The number of carboxylic acids is 1. The average Bonchev–Trinajstić information content (AvgIpc) is 2.46. The van der Waals surface area contributed by atoms with Crippen molar-refractivity contribution in [2.45, 2.75) is 0 Å². The molecule has 2 N–H and O–H groups in total. The van der Waals surface area contributed by atoms with E-state index in [1.807, 2.05) is 0 Å². The molecule has 0 saturated carbocycles. The van der Waals surface area contributed by atoms with Crippen LogP contribution < -0.4 is 10.1 Å². The van der Waals surface area contributed by atoms with E-state index in [9.17, 15) is 9.59 Å². The Morgan fingerprint density at radius 1 is 1.09 bits per heavy atom. The lowest BCUT2D eigenvalue weighted by Crippen LogP contribution is -2.12. The van der Waals surface area contributed by atoms with Crippen molar-refractivity contribution in [3.05, 3.63) is 57.6 Å². The van der Waals surface area contributed by atoms with Gasteiger partial charge >= 0.3 is 5.97 Å². The molecule has 7 heteroatoms. The molecule has 0 atom stereocenters. The van der Waals surface area contributed by atoms with E-state index in [0.717, 1.165) is 0 Å². The highest BCUT2D eigenvalue weighted by Gasteiger charge is 2.12. The summed E-state index contributed by atoms with van der Waals surface area (Å²) >= 11 is 11.8. The highest BCUT2D eigenvalue weighted by molar-refractivity contribution is 6.34. The first-order valence-corrected chi connectivity index (χ1v) is 6.85. The van der Waals surface area contributed by atoms with E-state index in [2.05, 4.69) is 5.32 Å². The van der Waals surface area contributed by atoms with E-state index >= 15 is 0 Å². The minimum Gasteiger partial charge on any atom is -0.495 e. The summed E-state index contributed by atoms with van der Waals surface area (Å²) in [5.41, 5.74) is 0.684. The summed E-state index contributed by atoms with van der Waals surface area (Å²) in [6.07, 6.45) is 0. The quantitative estimate of drug-likeness (QED) is 0.884. The van der Waals surface area contributed by atoms with Crippen molar-refractivity contribution in [3.8, 4) is 5.75 Å². The van der Waals surface area contributed by atoms with Gasteiger partial charge in [0.1, 0.15) is 5.75 Å². The zero-order valence-electron chi connectivity index (χ0n) is 11.4. The lowest BCUT2D eigenvalue weighted by atomic mass is 10.1. The standard InChI is InChI=1S/C15H11Cl2NO4/c1-22-13-5-2-8(6-12(13)17)14(19)18-9-3-4-10(15(20)21)11(16)7-9/h2-7H,1H3,(H,18,19)(H,20,21). The molecule has 0 aliphatic carbocycles. The van der Waals surface area contributed by atoms with Gasteiger partial charge in [-0.15, -0.1) is 0 Å². The van der Waals surface area contributed by atoms with Gasteiger partial charge in [0.25, 0.3) is 5.91 Å². The number of nitrogens with one attached hydrogen (secondary N) is 1. The lowest BCUT2D eigenvalue weighted by Gasteiger charge is -2.08. The van der Waals surface area contributed by atoms with Crippen molar-refractivity contribution in [1.82, 2.24) is 0 Å². The number of hydrogen-bond donors (Lipinski definition) is 2. The minimum atomic E-state index is -1.13.